The second-order valence-corrected chi connectivity index (χ2v) is 3.33. The molecule has 0 aromatic heterocycles. The molecule has 0 fully saturated rings. The smallest absolute Gasteiger partial charge is 0.397 e. The molecule has 0 bridgehead atoms. The third kappa shape index (κ3) is 2.85. The summed E-state index contributed by atoms with van der Waals surface area (Å²) in [6, 6.07) is 1.05. The Kier molecular flexibility index (Phi) is 3.92. The van der Waals surface area contributed by atoms with Crippen LogP contribution in [0.3, 0.4) is 0 Å². The standard InChI is InChI=1S/C10H10F5NO/c1-17-8-3-5(11)2-7(12)9(8)6(4-16)10(13,14)15/h2-3,6H,4,16H2,1H3. The van der Waals surface area contributed by atoms with E-state index in [0.717, 1.165) is 7.11 Å². The Morgan fingerprint density at radius 3 is 2.29 bits per heavy atom. The van der Waals surface area contributed by atoms with E-state index in [1.807, 2.05) is 0 Å². The number of nitrogens with two attached hydrogens (primary N) is 1. The minimum Gasteiger partial charge on any atom is -0.496 e. The normalized spacial score (nSPS) is 13.6. The first-order chi connectivity index (χ1) is 7.81. The lowest BCUT2D eigenvalue weighted by molar-refractivity contribution is -0.149. The summed E-state index contributed by atoms with van der Waals surface area (Å²) in [5, 5.41) is 0. The Morgan fingerprint density at radius 2 is 1.88 bits per heavy atom. The summed E-state index contributed by atoms with van der Waals surface area (Å²) in [5.41, 5.74) is 4.21. The fourth-order valence-corrected chi connectivity index (χ4v) is 1.48. The molecule has 96 valence electrons. The van der Waals surface area contributed by atoms with Gasteiger partial charge in [-0.3, -0.25) is 0 Å². The Bertz CT molecular complexity index is 404. The Hall–Kier alpha value is -1.37. The SMILES string of the molecule is COc1cc(F)cc(F)c1C(CN)C(F)(F)F. The monoisotopic (exact) mass is 255 g/mol. The van der Waals surface area contributed by atoms with Crippen LogP contribution >= 0.6 is 0 Å². The van der Waals surface area contributed by atoms with Crippen LogP contribution in [0.5, 0.6) is 5.75 Å². The Balaban J connectivity index is 3.37. The van der Waals surface area contributed by atoms with Gasteiger partial charge in [0.1, 0.15) is 17.4 Å². The van der Waals surface area contributed by atoms with Crippen molar-refractivity contribution in [2.45, 2.75) is 12.1 Å². The molecule has 17 heavy (non-hydrogen) atoms. The van der Waals surface area contributed by atoms with Crippen molar-refractivity contribution < 1.29 is 26.7 Å². The van der Waals surface area contributed by atoms with Gasteiger partial charge in [-0.25, -0.2) is 8.78 Å². The molecule has 1 atom stereocenters. The molecule has 0 aliphatic heterocycles. The topological polar surface area (TPSA) is 35.2 Å². The average molecular weight is 255 g/mol. The minimum atomic E-state index is -4.72. The van der Waals surface area contributed by atoms with Gasteiger partial charge in [-0.2, -0.15) is 13.2 Å². The number of benzene rings is 1. The predicted octanol–water partition coefficient (Wildman–Crippen LogP) is 2.58. The van der Waals surface area contributed by atoms with Crippen molar-refractivity contribution in [2.75, 3.05) is 13.7 Å². The van der Waals surface area contributed by atoms with Gasteiger partial charge in [0.05, 0.1) is 13.0 Å². The second kappa shape index (κ2) is 4.87. The lowest BCUT2D eigenvalue weighted by Crippen LogP contribution is -2.29. The molecule has 7 heteroatoms. The first-order valence-electron chi connectivity index (χ1n) is 4.61. The van der Waals surface area contributed by atoms with Gasteiger partial charge in [0, 0.05) is 24.2 Å². The van der Waals surface area contributed by atoms with Gasteiger partial charge in [0.25, 0.3) is 0 Å². The van der Waals surface area contributed by atoms with E-state index >= 15 is 0 Å². The molecule has 2 nitrogen and oxygen atoms in total. The van der Waals surface area contributed by atoms with Gasteiger partial charge in [-0.1, -0.05) is 0 Å². The summed E-state index contributed by atoms with van der Waals surface area (Å²) in [6.07, 6.45) is -4.72. The minimum absolute atomic E-state index is 0.367. The largest absolute Gasteiger partial charge is 0.496 e. The maximum absolute atomic E-state index is 13.4. The van der Waals surface area contributed by atoms with Crippen LogP contribution < -0.4 is 10.5 Å². The molecular weight excluding hydrogens is 245 g/mol. The quantitative estimate of drug-likeness (QED) is 0.842. The molecule has 0 aliphatic carbocycles. The van der Waals surface area contributed by atoms with E-state index in [1.165, 1.54) is 0 Å². The number of hydrogen-bond acceptors (Lipinski definition) is 2. The third-order valence-electron chi connectivity index (χ3n) is 2.26. The lowest BCUT2D eigenvalue weighted by atomic mass is 9.97. The van der Waals surface area contributed by atoms with Gasteiger partial charge in [-0.15, -0.1) is 0 Å². The van der Waals surface area contributed by atoms with E-state index in [9.17, 15) is 22.0 Å². The number of alkyl halides is 3. The molecule has 0 amide bonds. The molecule has 0 spiro atoms. The number of hydrogen-bond donors (Lipinski definition) is 1. The van der Waals surface area contributed by atoms with E-state index in [0.29, 0.717) is 12.1 Å². The summed E-state index contributed by atoms with van der Waals surface area (Å²) in [6.45, 7) is -0.845. The first-order valence-corrected chi connectivity index (χ1v) is 4.61. The molecule has 1 rings (SSSR count). The number of methoxy groups -OCH3 is 1. The molecule has 0 radical (unpaired) electrons. The highest BCUT2D eigenvalue weighted by Gasteiger charge is 2.43. The molecule has 0 saturated heterocycles. The predicted molar refractivity (Wildman–Crippen MR) is 50.8 cm³/mol. The molecule has 0 heterocycles. The lowest BCUT2D eigenvalue weighted by Gasteiger charge is -2.21. The van der Waals surface area contributed by atoms with Crippen molar-refractivity contribution in [2.24, 2.45) is 5.73 Å². The van der Waals surface area contributed by atoms with Crippen LogP contribution in [-0.4, -0.2) is 19.8 Å². The average Bonchev–Trinajstić information content (AvgIpc) is 2.19. The Morgan fingerprint density at radius 1 is 1.29 bits per heavy atom. The van der Waals surface area contributed by atoms with Gasteiger partial charge in [0.2, 0.25) is 0 Å². The van der Waals surface area contributed by atoms with Crippen LogP contribution in [-0.2, 0) is 0 Å². The van der Waals surface area contributed by atoms with Crippen LogP contribution in [0.4, 0.5) is 22.0 Å². The van der Waals surface area contributed by atoms with E-state index in [-0.39, 0.29) is 0 Å². The molecular formula is C10H10F5NO. The van der Waals surface area contributed by atoms with Gasteiger partial charge >= 0.3 is 6.18 Å². The summed E-state index contributed by atoms with van der Waals surface area (Å²) in [7, 11) is 1.03. The Labute approximate surface area is 94.2 Å². The highest BCUT2D eigenvalue weighted by molar-refractivity contribution is 5.39. The van der Waals surface area contributed by atoms with E-state index in [1.54, 1.807) is 0 Å². The zero-order valence-corrected chi connectivity index (χ0v) is 8.81. The van der Waals surface area contributed by atoms with Gasteiger partial charge in [0.15, 0.2) is 0 Å². The van der Waals surface area contributed by atoms with Crippen molar-refractivity contribution in [3.63, 3.8) is 0 Å². The van der Waals surface area contributed by atoms with Crippen LogP contribution in [0.25, 0.3) is 0 Å². The number of halogens is 5. The highest BCUT2D eigenvalue weighted by Crippen LogP contribution is 2.40. The van der Waals surface area contributed by atoms with Crippen LogP contribution in [0.15, 0.2) is 12.1 Å². The maximum Gasteiger partial charge on any atom is 0.397 e. The third-order valence-corrected chi connectivity index (χ3v) is 2.26. The summed E-state index contributed by atoms with van der Waals surface area (Å²) >= 11 is 0. The zero-order chi connectivity index (χ0) is 13.2. The van der Waals surface area contributed by atoms with E-state index in [2.05, 4.69) is 4.74 Å². The van der Waals surface area contributed by atoms with Crippen LogP contribution in [0.2, 0.25) is 0 Å². The van der Waals surface area contributed by atoms with Crippen LogP contribution in [0.1, 0.15) is 11.5 Å². The van der Waals surface area contributed by atoms with Crippen molar-refractivity contribution in [3.05, 3.63) is 29.3 Å². The summed E-state index contributed by atoms with van der Waals surface area (Å²) < 4.78 is 68.6. The van der Waals surface area contributed by atoms with E-state index < -0.39 is 41.6 Å². The number of rotatable bonds is 3. The number of ether oxygens (including phenoxy) is 1. The fourth-order valence-electron chi connectivity index (χ4n) is 1.48. The van der Waals surface area contributed by atoms with Crippen molar-refractivity contribution in [3.8, 4) is 5.75 Å². The molecule has 0 aliphatic rings. The molecule has 1 aromatic carbocycles. The highest BCUT2D eigenvalue weighted by atomic mass is 19.4. The molecule has 1 aromatic rings. The summed E-state index contributed by atoms with van der Waals surface area (Å²) in [4.78, 5) is 0. The van der Waals surface area contributed by atoms with E-state index in [4.69, 9.17) is 5.73 Å². The van der Waals surface area contributed by atoms with Crippen LogP contribution in [0, 0.1) is 11.6 Å². The zero-order valence-electron chi connectivity index (χ0n) is 8.81. The molecule has 0 saturated carbocycles. The molecule has 1 unspecified atom stereocenters. The van der Waals surface area contributed by atoms with Crippen molar-refractivity contribution in [1.82, 2.24) is 0 Å². The van der Waals surface area contributed by atoms with Crippen molar-refractivity contribution in [1.29, 1.82) is 0 Å². The van der Waals surface area contributed by atoms with Gasteiger partial charge in [-0.05, 0) is 0 Å². The van der Waals surface area contributed by atoms with Crippen molar-refractivity contribution >= 4 is 0 Å². The fraction of sp³-hybridized carbons (Fsp3) is 0.400. The molecule has 2 N–H and O–H groups in total. The summed E-state index contributed by atoms with van der Waals surface area (Å²) in [5.74, 6) is -5.07. The first kappa shape index (κ1) is 13.7. The second-order valence-electron chi connectivity index (χ2n) is 3.33. The maximum atomic E-state index is 13.4. The van der Waals surface area contributed by atoms with Gasteiger partial charge < -0.3 is 10.5 Å².